The number of benzene rings is 2. The Bertz CT molecular complexity index is 679. The van der Waals surface area contributed by atoms with Gasteiger partial charge in [0.1, 0.15) is 6.04 Å². The minimum atomic E-state index is -0.430. The lowest BCUT2D eigenvalue weighted by Gasteiger charge is -2.00. The van der Waals surface area contributed by atoms with Crippen LogP contribution in [0.1, 0.15) is 22.0 Å². The van der Waals surface area contributed by atoms with E-state index >= 15 is 0 Å². The third-order valence-corrected chi connectivity index (χ3v) is 3.71. The van der Waals surface area contributed by atoms with Gasteiger partial charge < -0.3 is 4.90 Å². The number of ketones is 1. The number of carbonyl (C=O) groups is 2. The zero-order valence-electron chi connectivity index (χ0n) is 11.5. The molecule has 3 rings (SSSR count). The second-order valence-corrected chi connectivity index (χ2v) is 4.98. The first-order valence-electron chi connectivity index (χ1n) is 6.83. The van der Waals surface area contributed by atoms with E-state index < -0.39 is 6.04 Å². The third-order valence-electron chi connectivity index (χ3n) is 3.71. The summed E-state index contributed by atoms with van der Waals surface area (Å²) in [6, 6.07) is 18.1. The summed E-state index contributed by atoms with van der Waals surface area (Å²) in [6.45, 7) is 3.51. The Balaban J connectivity index is 1.91. The second kappa shape index (κ2) is 5.37. The Morgan fingerprint density at radius 2 is 1.52 bits per heavy atom. The normalized spacial score (nSPS) is 19.9. The summed E-state index contributed by atoms with van der Waals surface area (Å²) < 4.78 is 0. The molecule has 0 saturated carbocycles. The zero-order valence-corrected chi connectivity index (χ0v) is 11.5. The minimum Gasteiger partial charge on any atom is -0.317 e. The van der Waals surface area contributed by atoms with E-state index in [0.29, 0.717) is 5.56 Å². The van der Waals surface area contributed by atoms with Crippen LogP contribution < -0.4 is 0 Å². The molecule has 1 fully saturated rings. The van der Waals surface area contributed by atoms with Gasteiger partial charge in [0.2, 0.25) is 5.91 Å². The minimum absolute atomic E-state index is 0.0281. The van der Waals surface area contributed by atoms with Crippen LogP contribution >= 0.6 is 0 Å². The number of carbonyl (C=O) groups excluding carboxylic acids is 2. The van der Waals surface area contributed by atoms with Gasteiger partial charge in [-0.2, -0.15) is 0 Å². The first-order chi connectivity index (χ1) is 10.2. The standard InChI is InChI=1S/C18H15NO2/c1-2-15(20)19-16(13-9-5-3-6-10-13)17(19)18(21)14-11-7-4-8-12-14/h2-12,16-17H,1H2. The van der Waals surface area contributed by atoms with Crippen LogP contribution in [0.4, 0.5) is 0 Å². The average Bonchev–Trinajstić information content (AvgIpc) is 3.30. The summed E-state index contributed by atoms with van der Waals surface area (Å²) in [5.41, 5.74) is 1.60. The number of hydrogen-bond donors (Lipinski definition) is 0. The van der Waals surface area contributed by atoms with Crippen LogP contribution in [0.25, 0.3) is 0 Å². The Labute approximate surface area is 123 Å². The van der Waals surface area contributed by atoms with E-state index in [1.807, 2.05) is 48.5 Å². The van der Waals surface area contributed by atoms with Crippen molar-refractivity contribution in [3.8, 4) is 0 Å². The number of Topliss-reactive ketones (excluding diaryl/α,β-unsaturated/α-hetero) is 1. The molecule has 1 amide bonds. The van der Waals surface area contributed by atoms with Gasteiger partial charge >= 0.3 is 0 Å². The van der Waals surface area contributed by atoms with Crippen LogP contribution in [0.5, 0.6) is 0 Å². The molecule has 1 aliphatic rings. The highest BCUT2D eigenvalue weighted by Gasteiger charge is 2.55. The van der Waals surface area contributed by atoms with Crippen molar-refractivity contribution in [2.24, 2.45) is 0 Å². The molecule has 3 heteroatoms. The quantitative estimate of drug-likeness (QED) is 0.489. The van der Waals surface area contributed by atoms with Crippen LogP contribution in [0.3, 0.4) is 0 Å². The van der Waals surface area contributed by atoms with Crippen molar-refractivity contribution < 1.29 is 9.59 Å². The lowest BCUT2D eigenvalue weighted by molar-refractivity contribution is -0.121. The van der Waals surface area contributed by atoms with E-state index in [1.165, 1.54) is 6.08 Å². The highest BCUT2D eigenvalue weighted by molar-refractivity contribution is 6.07. The molecule has 3 nitrogen and oxygen atoms in total. The summed E-state index contributed by atoms with van der Waals surface area (Å²) in [5, 5.41) is 0. The molecule has 2 aromatic rings. The largest absolute Gasteiger partial charge is 0.317 e. The SMILES string of the molecule is C=CC(=O)N1C(C(=O)c2ccccc2)C1c1ccccc1. The predicted molar refractivity (Wildman–Crippen MR) is 80.8 cm³/mol. The smallest absolute Gasteiger partial charge is 0.247 e. The highest BCUT2D eigenvalue weighted by atomic mass is 16.2. The van der Waals surface area contributed by atoms with Gasteiger partial charge in [-0.3, -0.25) is 9.59 Å². The Morgan fingerprint density at radius 3 is 2.10 bits per heavy atom. The van der Waals surface area contributed by atoms with Gasteiger partial charge in [0.15, 0.2) is 5.78 Å². The summed E-state index contributed by atoms with van der Waals surface area (Å²) >= 11 is 0. The summed E-state index contributed by atoms with van der Waals surface area (Å²) in [5.74, 6) is -0.238. The van der Waals surface area contributed by atoms with Crippen molar-refractivity contribution in [1.29, 1.82) is 0 Å². The molecule has 2 unspecified atom stereocenters. The monoisotopic (exact) mass is 277 g/mol. The number of hydrogen-bond acceptors (Lipinski definition) is 2. The molecule has 1 saturated heterocycles. The molecular formula is C18H15NO2. The summed E-state index contributed by atoms with van der Waals surface area (Å²) in [7, 11) is 0. The van der Waals surface area contributed by atoms with Gasteiger partial charge in [0.05, 0.1) is 6.04 Å². The fourth-order valence-electron chi connectivity index (χ4n) is 2.65. The lowest BCUT2D eigenvalue weighted by Crippen LogP contribution is -2.17. The van der Waals surface area contributed by atoms with Crippen molar-refractivity contribution >= 4 is 11.7 Å². The van der Waals surface area contributed by atoms with Crippen molar-refractivity contribution in [3.05, 3.63) is 84.4 Å². The van der Waals surface area contributed by atoms with Gasteiger partial charge in [-0.1, -0.05) is 67.2 Å². The topological polar surface area (TPSA) is 37.1 Å². The molecule has 21 heavy (non-hydrogen) atoms. The maximum Gasteiger partial charge on any atom is 0.247 e. The molecule has 0 bridgehead atoms. The van der Waals surface area contributed by atoms with Crippen LogP contribution in [-0.4, -0.2) is 22.6 Å². The summed E-state index contributed by atoms with van der Waals surface area (Å²) in [4.78, 5) is 26.1. The van der Waals surface area contributed by atoms with E-state index in [4.69, 9.17) is 0 Å². The molecule has 0 aliphatic carbocycles. The Hall–Kier alpha value is -2.68. The van der Waals surface area contributed by atoms with Gasteiger partial charge in [-0.05, 0) is 11.6 Å². The Morgan fingerprint density at radius 1 is 0.952 bits per heavy atom. The Kier molecular flexibility index (Phi) is 3.40. The van der Waals surface area contributed by atoms with Gasteiger partial charge in [-0.25, -0.2) is 0 Å². The van der Waals surface area contributed by atoms with E-state index in [1.54, 1.807) is 17.0 Å². The number of rotatable bonds is 4. The zero-order chi connectivity index (χ0) is 14.8. The maximum absolute atomic E-state index is 12.6. The van der Waals surface area contributed by atoms with Crippen molar-refractivity contribution in [2.75, 3.05) is 0 Å². The molecule has 1 heterocycles. The van der Waals surface area contributed by atoms with Crippen molar-refractivity contribution in [1.82, 2.24) is 4.90 Å². The van der Waals surface area contributed by atoms with E-state index in [2.05, 4.69) is 6.58 Å². The molecule has 0 radical (unpaired) electrons. The average molecular weight is 277 g/mol. The number of amides is 1. The van der Waals surface area contributed by atoms with Crippen LogP contribution in [-0.2, 0) is 4.79 Å². The molecule has 2 atom stereocenters. The van der Waals surface area contributed by atoms with Crippen LogP contribution in [0.2, 0.25) is 0 Å². The van der Waals surface area contributed by atoms with Crippen LogP contribution in [0, 0.1) is 0 Å². The second-order valence-electron chi connectivity index (χ2n) is 4.98. The lowest BCUT2D eigenvalue weighted by atomic mass is 10.0. The molecular weight excluding hydrogens is 262 g/mol. The van der Waals surface area contributed by atoms with Gasteiger partial charge in [0, 0.05) is 5.56 Å². The molecule has 0 spiro atoms. The van der Waals surface area contributed by atoms with Crippen molar-refractivity contribution in [2.45, 2.75) is 12.1 Å². The van der Waals surface area contributed by atoms with E-state index in [-0.39, 0.29) is 17.7 Å². The number of nitrogens with zero attached hydrogens (tertiary/aromatic N) is 1. The molecule has 0 N–H and O–H groups in total. The van der Waals surface area contributed by atoms with E-state index in [9.17, 15) is 9.59 Å². The molecule has 0 aromatic heterocycles. The maximum atomic E-state index is 12.6. The predicted octanol–water partition coefficient (Wildman–Crippen LogP) is 3.01. The van der Waals surface area contributed by atoms with Gasteiger partial charge in [-0.15, -0.1) is 0 Å². The van der Waals surface area contributed by atoms with Crippen LogP contribution in [0.15, 0.2) is 73.3 Å². The first kappa shape index (κ1) is 13.3. The molecule has 1 aliphatic heterocycles. The fourth-order valence-corrected chi connectivity index (χ4v) is 2.65. The van der Waals surface area contributed by atoms with E-state index in [0.717, 1.165) is 5.56 Å². The first-order valence-corrected chi connectivity index (χ1v) is 6.83. The molecule has 2 aromatic carbocycles. The fraction of sp³-hybridized carbons (Fsp3) is 0.111. The third kappa shape index (κ3) is 2.38. The molecule has 104 valence electrons. The highest BCUT2D eigenvalue weighted by Crippen LogP contribution is 2.44. The van der Waals surface area contributed by atoms with Gasteiger partial charge in [0.25, 0.3) is 0 Å². The summed E-state index contributed by atoms with van der Waals surface area (Å²) in [6.07, 6.45) is 1.26. The van der Waals surface area contributed by atoms with Crippen molar-refractivity contribution in [3.63, 3.8) is 0 Å².